The lowest BCUT2D eigenvalue weighted by Crippen LogP contribution is -2.04. The van der Waals surface area contributed by atoms with Crippen molar-refractivity contribution >= 4 is 10.9 Å². The molecule has 1 aromatic heterocycles. The number of alkyl halides is 2. The average molecular weight is 289 g/mol. The highest BCUT2D eigenvalue weighted by Gasteiger charge is 2.13. The third-order valence-electron chi connectivity index (χ3n) is 3.07. The molecule has 0 saturated carbocycles. The van der Waals surface area contributed by atoms with Gasteiger partial charge in [0.15, 0.2) is 11.5 Å². The summed E-state index contributed by atoms with van der Waals surface area (Å²) in [6.07, 6.45) is 1.73. The van der Waals surface area contributed by atoms with Crippen molar-refractivity contribution in [3.05, 3.63) is 60.3 Å². The molecular formula is C16H13F2NO2. The average Bonchev–Trinajstić information content (AvgIpc) is 2.92. The Hall–Kier alpha value is -2.56. The molecule has 0 saturated heterocycles. The van der Waals surface area contributed by atoms with E-state index < -0.39 is 6.61 Å². The van der Waals surface area contributed by atoms with E-state index in [2.05, 4.69) is 9.72 Å². The van der Waals surface area contributed by atoms with E-state index >= 15 is 0 Å². The molecule has 1 N–H and O–H groups in total. The molecule has 0 aliphatic rings. The zero-order chi connectivity index (χ0) is 14.7. The highest BCUT2D eigenvalue weighted by molar-refractivity contribution is 5.83. The number of H-pyrrole nitrogens is 1. The van der Waals surface area contributed by atoms with Gasteiger partial charge in [0, 0.05) is 23.2 Å². The Balaban J connectivity index is 1.87. The summed E-state index contributed by atoms with van der Waals surface area (Å²) in [4.78, 5) is 2.95. The second-order valence-corrected chi connectivity index (χ2v) is 4.52. The first kappa shape index (κ1) is 13.4. The lowest BCUT2D eigenvalue weighted by Gasteiger charge is -2.12. The molecule has 0 atom stereocenters. The number of rotatable bonds is 5. The van der Waals surface area contributed by atoms with Gasteiger partial charge in [-0.1, -0.05) is 30.3 Å². The van der Waals surface area contributed by atoms with Gasteiger partial charge >= 0.3 is 6.61 Å². The zero-order valence-corrected chi connectivity index (χ0v) is 11.1. The number of aromatic amines is 1. The summed E-state index contributed by atoms with van der Waals surface area (Å²) in [5.74, 6) is 0.321. The van der Waals surface area contributed by atoms with Crippen molar-refractivity contribution in [1.82, 2.24) is 4.98 Å². The molecule has 0 fully saturated rings. The van der Waals surface area contributed by atoms with Gasteiger partial charge in [0.25, 0.3) is 0 Å². The first-order valence-electron chi connectivity index (χ1n) is 6.45. The molecule has 2 aromatic carbocycles. The smallest absolute Gasteiger partial charge is 0.387 e. The molecule has 1 heterocycles. The molecule has 0 amide bonds. The van der Waals surface area contributed by atoms with Gasteiger partial charge < -0.3 is 14.5 Å². The number of hydrogen-bond donors (Lipinski definition) is 1. The van der Waals surface area contributed by atoms with Crippen LogP contribution in [0.25, 0.3) is 10.9 Å². The highest BCUT2D eigenvalue weighted by atomic mass is 19.3. The Bertz CT molecular complexity index is 725. The quantitative estimate of drug-likeness (QED) is 0.757. The fraction of sp³-hybridized carbons (Fsp3) is 0.125. The van der Waals surface area contributed by atoms with Gasteiger partial charge in [-0.25, -0.2) is 0 Å². The van der Waals surface area contributed by atoms with Crippen molar-refractivity contribution in [2.45, 2.75) is 13.2 Å². The Kier molecular flexibility index (Phi) is 3.73. The Morgan fingerprint density at radius 2 is 1.81 bits per heavy atom. The Morgan fingerprint density at radius 1 is 1.00 bits per heavy atom. The van der Waals surface area contributed by atoms with Gasteiger partial charge in [-0.3, -0.25) is 0 Å². The molecule has 5 heteroatoms. The maximum absolute atomic E-state index is 12.5. The molecule has 0 bridgehead atoms. The van der Waals surface area contributed by atoms with E-state index in [1.807, 2.05) is 36.4 Å². The maximum atomic E-state index is 12.5. The lowest BCUT2D eigenvalue weighted by atomic mass is 10.2. The molecule has 0 aliphatic carbocycles. The van der Waals surface area contributed by atoms with Gasteiger partial charge in [0.2, 0.25) is 0 Å². The van der Waals surface area contributed by atoms with Gasteiger partial charge in [0.05, 0.1) is 0 Å². The van der Waals surface area contributed by atoms with Crippen molar-refractivity contribution < 1.29 is 18.3 Å². The molecular weight excluding hydrogens is 276 g/mol. The van der Waals surface area contributed by atoms with Crippen molar-refractivity contribution in [3.63, 3.8) is 0 Å². The molecule has 0 aliphatic heterocycles. The molecule has 3 aromatic rings. The molecule has 3 rings (SSSR count). The van der Waals surface area contributed by atoms with E-state index in [1.54, 1.807) is 12.3 Å². The number of fused-ring (bicyclic) bond motifs is 1. The van der Waals surface area contributed by atoms with Crippen molar-refractivity contribution in [2.24, 2.45) is 0 Å². The van der Waals surface area contributed by atoms with Crippen LogP contribution in [0.1, 0.15) is 5.56 Å². The maximum Gasteiger partial charge on any atom is 0.387 e. The summed E-state index contributed by atoms with van der Waals surface area (Å²) in [5.41, 5.74) is 1.67. The van der Waals surface area contributed by atoms with Crippen LogP contribution in [0.3, 0.4) is 0 Å². The van der Waals surface area contributed by atoms with Gasteiger partial charge in [0.1, 0.15) is 6.61 Å². The summed E-state index contributed by atoms with van der Waals surface area (Å²) >= 11 is 0. The first-order valence-corrected chi connectivity index (χ1v) is 6.45. The van der Waals surface area contributed by atoms with Crippen LogP contribution in [0, 0.1) is 0 Å². The SMILES string of the molecule is FC(F)Oc1cc2[nH]ccc2cc1OCc1ccccc1. The summed E-state index contributed by atoms with van der Waals surface area (Å²) < 4.78 is 35.2. The summed E-state index contributed by atoms with van der Waals surface area (Å²) in [5, 5.41) is 0.875. The minimum atomic E-state index is -2.89. The van der Waals surface area contributed by atoms with Crippen LogP contribution in [0.5, 0.6) is 11.5 Å². The van der Waals surface area contributed by atoms with Crippen LogP contribution >= 0.6 is 0 Å². The van der Waals surface area contributed by atoms with Crippen LogP contribution in [-0.2, 0) is 6.61 Å². The molecule has 0 spiro atoms. The topological polar surface area (TPSA) is 34.2 Å². The van der Waals surface area contributed by atoms with Crippen LogP contribution in [0.4, 0.5) is 8.78 Å². The summed E-state index contributed by atoms with van der Waals surface area (Å²) in [6.45, 7) is -2.60. The van der Waals surface area contributed by atoms with Crippen LogP contribution in [0.15, 0.2) is 54.7 Å². The van der Waals surface area contributed by atoms with Gasteiger partial charge in [-0.2, -0.15) is 8.78 Å². The summed E-state index contributed by atoms with van der Waals surface area (Å²) in [7, 11) is 0. The third-order valence-corrected chi connectivity index (χ3v) is 3.07. The number of halogens is 2. The standard InChI is InChI=1S/C16H13F2NO2/c17-16(18)21-15-9-13-12(6-7-19-13)8-14(15)20-10-11-4-2-1-3-5-11/h1-9,16,19H,10H2. The minimum absolute atomic E-state index is 0.0240. The van der Waals surface area contributed by atoms with E-state index in [0.717, 1.165) is 16.5 Å². The fourth-order valence-electron chi connectivity index (χ4n) is 2.10. The predicted molar refractivity (Wildman–Crippen MR) is 75.7 cm³/mol. The largest absolute Gasteiger partial charge is 0.485 e. The van der Waals surface area contributed by atoms with Crippen molar-refractivity contribution in [1.29, 1.82) is 0 Å². The minimum Gasteiger partial charge on any atom is -0.485 e. The first-order chi connectivity index (χ1) is 10.2. The third kappa shape index (κ3) is 3.13. The van der Waals surface area contributed by atoms with Crippen LogP contribution in [0.2, 0.25) is 0 Å². The summed E-state index contributed by atoms with van der Waals surface area (Å²) in [6, 6.07) is 14.5. The number of nitrogens with one attached hydrogen (secondary N) is 1. The van der Waals surface area contributed by atoms with E-state index in [-0.39, 0.29) is 12.4 Å². The molecule has 108 valence electrons. The number of aromatic nitrogens is 1. The number of hydrogen-bond acceptors (Lipinski definition) is 2. The van der Waals surface area contributed by atoms with Crippen molar-refractivity contribution in [3.8, 4) is 11.5 Å². The van der Waals surface area contributed by atoms with E-state index in [9.17, 15) is 8.78 Å². The zero-order valence-electron chi connectivity index (χ0n) is 11.1. The number of benzene rings is 2. The second kappa shape index (κ2) is 5.83. The lowest BCUT2D eigenvalue weighted by molar-refractivity contribution is -0.0514. The van der Waals surface area contributed by atoms with E-state index in [0.29, 0.717) is 5.75 Å². The molecule has 21 heavy (non-hydrogen) atoms. The molecule has 0 unspecified atom stereocenters. The molecule has 3 nitrogen and oxygen atoms in total. The second-order valence-electron chi connectivity index (χ2n) is 4.52. The van der Waals surface area contributed by atoms with E-state index in [1.165, 1.54) is 6.07 Å². The van der Waals surface area contributed by atoms with Crippen LogP contribution < -0.4 is 9.47 Å². The fourth-order valence-corrected chi connectivity index (χ4v) is 2.10. The van der Waals surface area contributed by atoms with Gasteiger partial charge in [-0.05, 0) is 17.7 Å². The normalized spacial score (nSPS) is 11.0. The Labute approximate surface area is 120 Å². The van der Waals surface area contributed by atoms with Gasteiger partial charge in [-0.15, -0.1) is 0 Å². The monoisotopic (exact) mass is 289 g/mol. The van der Waals surface area contributed by atoms with Crippen LogP contribution in [-0.4, -0.2) is 11.6 Å². The highest BCUT2D eigenvalue weighted by Crippen LogP contribution is 2.33. The van der Waals surface area contributed by atoms with Crippen molar-refractivity contribution in [2.75, 3.05) is 0 Å². The predicted octanol–water partition coefficient (Wildman–Crippen LogP) is 4.35. The Morgan fingerprint density at radius 3 is 2.57 bits per heavy atom. The molecule has 0 radical (unpaired) electrons. The van der Waals surface area contributed by atoms with E-state index in [4.69, 9.17) is 4.74 Å². The number of ether oxygens (including phenoxy) is 2.